The molecule has 9 heteroatoms. The summed E-state index contributed by atoms with van der Waals surface area (Å²) in [5.74, 6) is -1.60. The molecule has 0 radical (unpaired) electrons. The van der Waals surface area contributed by atoms with Crippen LogP contribution in [0.2, 0.25) is 0 Å². The van der Waals surface area contributed by atoms with Crippen molar-refractivity contribution in [3.8, 4) is 0 Å². The highest BCUT2D eigenvalue weighted by atomic mass is 16.6. The van der Waals surface area contributed by atoms with Crippen LogP contribution in [0.25, 0.3) is 0 Å². The minimum absolute atomic E-state index is 0.281. The number of hydrogen-bond donors (Lipinski definition) is 3. The number of carbonyl (C=O) groups is 4. The van der Waals surface area contributed by atoms with Gasteiger partial charge in [-0.25, -0.2) is 4.79 Å². The van der Waals surface area contributed by atoms with Crippen LogP contribution in [0.4, 0.5) is 4.79 Å². The number of carbonyl (C=O) groups excluding carboxylic acids is 4. The van der Waals surface area contributed by atoms with Crippen LogP contribution in [-0.2, 0) is 19.1 Å². The Kier molecular flexibility index (Phi) is 13.9. The van der Waals surface area contributed by atoms with Crippen molar-refractivity contribution >= 4 is 23.8 Å². The molecule has 214 valence electrons. The van der Waals surface area contributed by atoms with Crippen LogP contribution in [0.1, 0.15) is 102 Å². The van der Waals surface area contributed by atoms with Crippen molar-refractivity contribution in [3.05, 3.63) is 34.9 Å². The Labute approximate surface area is 228 Å². The number of nitrogens with two attached hydrogens (primary N) is 1. The number of aryl methyl sites for hydroxylation is 2. The lowest BCUT2D eigenvalue weighted by Gasteiger charge is -2.35. The number of benzene rings is 1. The first-order valence-corrected chi connectivity index (χ1v) is 13.7. The highest BCUT2D eigenvalue weighted by Crippen LogP contribution is 2.29. The van der Waals surface area contributed by atoms with Gasteiger partial charge >= 0.3 is 6.09 Å². The normalized spacial score (nSPS) is 12.8. The molecule has 1 aromatic rings. The quantitative estimate of drug-likeness (QED) is 0.288. The van der Waals surface area contributed by atoms with E-state index in [1.165, 1.54) is 4.90 Å². The van der Waals surface area contributed by atoms with E-state index < -0.39 is 42.0 Å². The van der Waals surface area contributed by atoms with Gasteiger partial charge in [0.2, 0.25) is 17.7 Å². The number of nitrogens with one attached hydrogen (secondary N) is 2. The summed E-state index contributed by atoms with van der Waals surface area (Å²) in [6.45, 7) is 13.8. The van der Waals surface area contributed by atoms with E-state index in [9.17, 15) is 19.2 Å². The number of primary amides is 1. The maximum atomic E-state index is 14.1. The van der Waals surface area contributed by atoms with E-state index in [4.69, 9.17) is 10.5 Å². The number of alkyl carbamates (subject to hydrolysis) is 1. The van der Waals surface area contributed by atoms with Crippen molar-refractivity contribution in [2.45, 2.75) is 111 Å². The van der Waals surface area contributed by atoms with Gasteiger partial charge in [0, 0.05) is 13.1 Å². The van der Waals surface area contributed by atoms with Crippen molar-refractivity contribution < 1.29 is 23.9 Å². The summed E-state index contributed by atoms with van der Waals surface area (Å²) in [6, 6.07) is 3.53. The van der Waals surface area contributed by atoms with E-state index in [0.717, 1.165) is 48.8 Å². The van der Waals surface area contributed by atoms with E-state index in [1.807, 2.05) is 39.0 Å². The van der Waals surface area contributed by atoms with E-state index in [2.05, 4.69) is 17.6 Å². The van der Waals surface area contributed by atoms with Gasteiger partial charge in [0.1, 0.15) is 17.7 Å². The number of hydrogen-bond acceptors (Lipinski definition) is 5. The summed E-state index contributed by atoms with van der Waals surface area (Å²) in [4.78, 5) is 53.8. The second kappa shape index (κ2) is 16.0. The fraction of sp³-hybridized carbons (Fsp3) is 0.655. The number of ether oxygens (including phenoxy) is 1. The summed E-state index contributed by atoms with van der Waals surface area (Å²) >= 11 is 0. The molecule has 1 rings (SSSR count). The van der Waals surface area contributed by atoms with Crippen LogP contribution >= 0.6 is 0 Å². The Morgan fingerprint density at radius 2 is 1.58 bits per heavy atom. The molecule has 38 heavy (non-hydrogen) atoms. The van der Waals surface area contributed by atoms with Crippen molar-refractivity contribution in [1.82, 2.24) is 15.5 Å². The predicted octanol–water partition coefficient (Wildman–Crippen LogP) is 4.44. The molecular weight excluding hydrogens is 484 g/mol. The molecule has 0 heterocycles. The van der Waals surface area contributed by atoms with Crippen molar-refractivity contribution in [1.29, 1.82) is 0 Å². The topological polar surface area (TPSA) is 131 Å². The summed E-state index contributed by atoms with van der Waals surface area (Å²) < 4.78 is 5.34. The van der Waals surface area contributed by atoms with E-state index in [0.29, 0.717) is 13.0 Å². The zero-order chi connectivity index (χ0) is 28.9. The third-order valence-electron chi connectivity index (χ3n) is 6.14. The predicted molar refractivity (Wildman–Crippen MR) is 149 cm³/mol. The second-order valence-corrected chi connectivity index (χ2v) is 10.8. The SMILES string of the molecule is CCCCCCN(C(=O)C(CC(N)=O)NC(=O)OC(C)(C)C)C(C(=O)NCCCC)c1c(C)cccc1C. The lowest BCUT2D eigenvalue weighted by molar-refractivity contribution is -0.143. The van der Waals surface area contributed by atoms with E-state index in [-0.39, 0.29) is 12.5 Å². The molecule has 0 aliphatic rings. The molecule has 0 spiro atoms. The van der Waals surface area contributed by atoms with Gasteiger partial charge in [-0.1, -0.05) is 57.7 Å². The van der Waals surface area contributed by atoms with Crippen molar-refractivity contribution in [3.63, 3.8) is 0 Å². The Hall–Kier alpha value is -3.10. The number of nitrogens with zero attached hydrogens (tertiary/aromatic N) is 1. The van der Waals surface area contributed by atoms with Crippen LogP contribution in [0, 0.1) is 13.8 Å². The summed E-state index contributed by atoms with van der Waals surface area (Å²) in [7, 11) is 0. The molecule has 0 aliphatic heterocycles. The molecule has 0 saturated carbocycles. The number of amides is 4. The average Bonchev–Trinajstić information content (AvgIpc) is 2.80. The van der Waals surface area contributed by atoms with Crippen LogP contribution in [0.5, 0.6) is 0 Å². The smallest absolute Gasteiger partial charge is 0.408 e. The fourth-order valence-corrected chi connectivity index (χ4v) is 4.30. The molecule has 0 aromatic heterocycles. The average molecular weight is 533 g/mol. The number of unbranched alkanes of at least 4 members (excludes halogenated alkanes) is 4. The number of rotatable bonds is 15. The lowest BCUT2D eigenvalue weighted by Crippen LogP contribution is -2.54. The maximum Gasteiger partial charge on any atom is 0.408 e. The second-order valence-electron chi connectivity index (χ2n) is 10.8. The minimum atomic E-state index is -1.27. The van der Waals surface area contributed by atoms with Gasteiger partial charge in [-0.2, -0.15) is 0 Å². The molecule has 9 nitrogen and oxygen atoms in total. The molecule has 4 N–H and O–H groups in total. The van der Waals surface area contributed by atoms with Crippen LogP contribution in [-0.4, -0.2) is 53.4 Å². The molecule has 4 amide bonds. The van der Waals surface area contributed by atoms with E-state index >= 15 is 0 Å². The zero-order valence-corrected chi connectivity index (χ0v) is 24.3. The summed E-state index contributed by atoms with van der Waals surface area (Å²) in [5, 5.41) is 5.52. The minimum Gasteiger partial charge on any atom is -0.444 e. The third kappa shape index (κ3) is 11.1. The molecule has 0 saturated heterocycles. The first kappa shape index (κ1) is 32.9. The van der Waals surface area contributed by atoms with Gasteiger partial charge in [0.25, 0.3) is 0 Å². The summed E-state index contributed by atoms with van der Waals surface area (Å²) in [6.07, 6.45) is 4.00. The van der Waals surface area contributed by atoms with Crippen LogP contribution < -0.4 is 16.4 Å². The van der Waals surface area contributed by atoms with Crippen molar-refractivity contribution in [2.75, 3.05) is 13.1 Å². The highest BCUT2D eigenvalue weighted by Gasteiger charge is 2.37. The van der Waals surface area contributed by atoms with Gasteiger partial charge in [0.05, 0.1) is 6.42 Å². The molecule has 2 unspecified atom stereocenters. The maximum absolute atomic E-state index is 14.1. The van der Waals surface area contributed by atoms with Gasteiger partial charge in [-0.05, 0) is 64.2 Å². The molecule has 1 aromatic carbocycles. The standard InChI is InChI=1S/C29H48N4O5/c1-8-10-12-13-18-33(27(36)22(19-23(30)34)32-28(37)38-29(5,6)7)25(26(35)31-17-11-9-2)24-20(3)15-14-16-21(24)4/h14-16,22,25H,8-13,17-19H2,1-7H3,(H2,30,34)(H,31,35)(H,32,37). The van der Waals surface area contributed by atoms with E-state index in [1.54, 1.807) is 20.8 Å². The molecular formula is C29H48N4O5. The molecule has 2 atom stereocenters. The molecule has 0 fully saturated rings. The zero-order valence-electron chi connectivity index (χ0n) is 24.3. The largest absolute Gasteiger partial charge is 0.444 e. The lowest BCUT2D eigenvalue weighted by atomic mass is 9.93. The van der Waals surface area contributed by atoms with Crippen LogP contribution in [0.3, 0.4) is 0 Å². The fourth-order valence-electron chi connectivity index (χ4n) is 4.30. The molecule has 0 aliphatic carbocycles. The Morgan fingerprint density at radius 1 is 0.974 bits per heavy atom. The molecule has 0 bridgehead atoms. The first-order valence-electron chi connectivity index (χ1n) is 13.7. The van der Waals surface area contributed by atoms with Gasteiger partial charge in [-0.15, -0.1) is 0 Å². The Bertz CT molecular complexity index is 921. The summed E-state index contributed by atoms with van der Waals surface area (Å²) in [5.41, 5.74) is 7.15. The van der Waals surface area contributed by atoms with Crippen LogP contribution in [0.15, 0.2) is 18.2 Å². The van der Waals surface area contributed by atoms with Crippen molar-refractivity contribution in [2.24, 2.45) is 5.73 Å². The van der Waals surface area contributed by atoms with Gasteiger partial charge in [-0.3, -0.25) is 14.4 Å². The van der Waals surface area contributed by atoms with Gasteiger partial charge in [0.15, 0.2) is 0 Å². The first-order chi connectivity index (χ1) is 17.8. The Balaban J connectivity index is 3.56. The highest BCUT2D eigenvalue weighted by molar-refractivity contribution is 5.94. The Morgan fingerprint density at radius 3 is 2.11 bits per heavy atom. The van der Waals surface area contributed by atoms with Gasteiger partial charge < -0.3 is 26.0 Å². The third-order valence-corrected chi connectivity index (χ3v) is 6.14. The monoisotopic (exact) mass is 532 g/mol.